The maximum Gasteiger partial charge on any atom is 0.239 e. The third-order valence-electron chi connectivity index (χ3n) is 6.83. The minimum atomic E-state index is -0.850. The normalized spacial score (nSPS) is 15.9. The van der Waals surface area contributed by atoms with E-state index in [9.17, 15) is 14.7 Å². The summed E-state index contributed by atoms with van der Waals surface area (Å²) >= 11 is 0. The maximum absolute atomic E-state index is 13.7. The lowest BCUT2D eigenvalue weighted by atomic mass is 9.94. The maximum atomic E-state index is 13.7. The molecule has 1 N–H and O–H groups in total. The van der Waals surface area contributed by atoms with Gasteiger partial charge in [0, 0.05) is 23.9 Å². The smallest absolute Gasteiger partial charge is 0.239 e. The second kappa shape index (κ2) is 10.9. The number of fused-ring (bicyclic) bond motifs is 1. The molecule has 1 atom stereocenters. The summed E-state index contributed by atoms with van der Waals surface area (Å²) < 4.78 is 16.6. The molecule has 36 heavy (non-hydrogen) atoms. The number of nitrogens with zero attached hydrogens (tertiary/aromatic N) is 1. The van der Waals surface area contributed by atoms with E-state index in [1.807, 2.05) is 18.2 Å². The van der Waals surface area contributed by atoms with Gasteiger partial charge in [-0.15, -0.1) is 0 Å². The molecule has 3 aromatic rings. The lowest BCUT2D eigenvalue weighted by molar-refractivity contribution is -0.896. The Morgan fingerprint density at radius 1 is 1.06 bits per heavy atom. The van der Waals surface area contributed by atoms with Crippen molar-refractivity contribution in [2.45, 2.75) is 26.3 Å². The van der Waals surface area contributed by atoms with Crippen LogP contribution in [0.1, 0.15) is 42.4 Å². The molecule has 4 rings (SSSR count). The van der Waals surface area contributed by atoms with E-state index in [1.54, 1.807) is 30.3 Å². The van der Waals surface area contributed by atoms with Gasteiger partial charge < -0.3 is 28.8 Å². The SMILES string of the molecule is CC[NH+](CC)CCCN1C(=O)C([O-])=C(C(=O)c2cc3ccccc3o2)C1c1ccc(OC)c(OC)c1. The Morgan fingerprint density at radius 3 is 2.44 bits per heavy atom. The van der Waals surface area contributed by atoms with Crippen molar-refractivity contribution in [2.75, 3.05) is 40.4 Å². The van der Waals surface area contributed by atoms with Crippen LogP contribution in [0.2, 0.25) is 0 Å². The number of benzene rings is 2. The summed E-state index contributed by atoms with van der Waals surface area (Å²) in [6, 6.07) is 13.2. The minimum absolute atomic E-state index is 0.0345. The minimum Gasteiger partial charge on any atom is -0.868 e. The Labute approximate surface area is 210 Å². The predicted molar refractivity (Wildman–Crippen MR) is 133 cm³/mol. The molecule has 1 aliphatic rings. The molecule has 1 amide bonds. The summed E-state index contributed by atoms with van der Waals surface area (Å²) in [7, 11) is 3.05. The third kappa shape index (κ3) is 4.68. The summed E-state index contributed by atoms with van der Waals surface area (Å²) in [6.45, 7) is 7.40. The number of rotatable bonds is 11. The molecule has 0 bridgehead atoms. The highest BCUT2D eigenvalue weighted by atomic mass is 16.5. The Bertz CT molecular complexity index is 1260. The van der Waals surface area contributed by atoms with Crippen molar-refractivity contribution in [2.24, 2.45) is 0 Å². The Morgan fingerprint density at radius 2 is 1.78 bits per heavy atom. The molecule has 0 saturated heterocycles. The molecule has 1 aromatic heterocycles. The molecule has 1 aliphatic heterocycles. The number of nitrogens with one attached hydrogen (secondary N) is 1. The molecule has 0 radical (unpaired) electrons. The van der Waals surface area contributed by atoms with Crippen LogP contribution in [0, 0.1) is 0 Å². The number of hydrogen-bond acceptors (Lipinski definition) is 6. The number of hydrogen-bond donors (Lipinski definition) is 1. The standard InChI is InChI=1S/C28H32N2O6/c1-5-29(6-2)14-9-15-30-25(19-12-13-21(34-3)22(17-19)35-4)24(27(32)28(30)33)26(31)23-16-18-10-7-8-11-20(18)36-23/h7-8,10-13,16-17,25,32H,5-6,9,14-15H2,1-4H3. The molecule has 190 valence electrons. The predicted octanol–water partition coefficient (Wildman–Crippen LogP) is 2.15. The number of furan rings is 1. The first-order valence-electron chi connectivity index (χ1n) is 12.2. The van der Waals surface area contributed by atoms with Gasteiger partial charge in [-0.25, -0.2) is 0 Å². The quantitative estimate of drug-likeness (QED) is 0.412. The lowest BCUT2D eigenvalue weighted by Gasteiger charge is -2.28. The number of ether oxygens (including phenoxy) is 2. The van der Waals surface area contributed by atoms with Crippen LogP contribution in [0.4, 0.5) is 0 Å². The summed E-state index contributed by atoms with van der Waals surface area (Å²) in [4.78, 5) is 29.8. The summed E-state index contributed by atoms with van der Waals surface area (Å²) in [6.07, 6.45) is 0.700. The Balaban J connectivity index is 1.74. The molecule has 8 heteroatoms. The number of para-hydroxylation sites is 1. The zero-order valence-corrected chi connectivity index (χ0v) is 21.1. The number of carbonyl (C=O) groups is 2. The molecule has 8 nitrogen and oxygen atoms in total. The highest BCUT2D eigenvalue weighted by Gasteiger charge is 2.40. The average Bonchev–Trinajstić information content (AvgIpc) is 3.45. The van der Waals surface area contributed by atoms with Crippen LogP contribution < -0.4 is 19.5 Å². The van der Waals surface area contributed by atoms with E-state index in [4.69, 9.17) is 13.9 Å². The number of carbonyl (C=O) groups excluding carboxylic acids is 2. The van der Waals surface area contributed by atoms with Gasteiger partial charge in [0.2, 0.25) is 11.7 Å². The first kappa shape index (κ1) is 25.3. The molecule has 2 aromatic carbocycles. The van der Waals surface area contributed by atoms with E-state index in [0.29, 0.717) is 35.6 Å². The monoisotopic (exact) mass is 492 g/mol. The third-order valence-corrected chi connectivity index (χ3v) is 6.83. The molecule has 0 aliphatic carbocycles. The second-order valence-corrected chi connectivity index (χ2v) is 8.80. The number of quaternary nitrogens is 1. The first-order valence-corrected chi connectivity index (χ1v) is 12.2. The summed E-state index contributed by atoms with van der Waals surface area (Å²) in [5.41, 5.74) is 1.03. The average molecular weight is 493 g/mol. The molecule has 2 heterocycles. The van der Waals surface area contributed by atoms with Crippen molar-refractivity contribution in [3.05, 3.63) is 71.2 Å². The topological polar surface area (TPSA) is 96.5 Å². The van der Waals surface area contributed by atoms with Crippen LogP contribution in [0.15, 0.2) is 64.3 Å². The van der Waals surface area contributed by atoms with Crippen molar-refractivity contribution in [1.82, 2.24) is 4.90 Å². The fourth-order valence-corrected chi connectivity index (χ4v) is 4.80. The molecule has 1 unspecified atom stereocenters. The van der Waals surface area contributed by atoms with Gasteiger partial charge in [0.1, 0.15) is 5.58 Å². The van der Waals surface area contributed by atoms with Gasteiger partial charge in [-0.05, 0) is 49.4 Å². The van der Waals surface area contributed by atoms with Gasteiger partial charge in [0.15, 0.2) is 17.3 Å². The highest BCUT2D eigenvalue weighted by molar-refractivity contribution is 6.15. The van der Waals surface area contributed by atoms with Gasteiger partial charge in [0.05, 0.1) is 39.9 Å². The molecular weight excluding hydrogens is 460 g/mol. The van der Waals surface area contributed by atoms with Crippen molar-refractivity contribution in [1.29, 1.82) is 0 Å². The van der Waals surface area contributed by atoms with E-state index in [0.717, 1.165) is 25.0 Å². The van der Waals surface area contributed by atoms with Crippen molar-refractivity contribution in [3.8, 4) is 11.5 Å². The van der Waals surface area contributed by atoms with E-state index < -0.39 is 23.5 Å². The van der Waals surface area contributed by atoms with Gasteiger partial charge in [-0.2, -0.15) is 0 Å². The van der Waals surface area contributed by atoms with Gasteiger partial charge in [0.25, 0.3) is 0 Å². The summed E-state index contributed by atoms with van der Waals surface area (Å²) in [5, 5.41) is 14.0. The van der Waals surface area contributed by atoms with Crippen LogP contribution in [0.25, 0.3) is 11.0 Å². The molecular formula is C28H32N2O6. The van der Waals surface area contributed by atoms with Crippen molar-refractivity contribution >= 4 is 22.7 Å². The fraction of sp³-hybridized carbons (Fsp3) is 0.357. The van der Waals surface area contributed by atoms with E-state index >= 15 is 0 Å². The van der Waals surface area contributed by atoms with E-state index in [-0.39, 0.29) is 11.3 Å². The zero-order valence-electron chi connectivity index (χ0n) is 21.1. The highest BCUT2D eigenvalue weighted by Crippen LogP contribution is 2.41. The first-order chi connectivity index (χ1) is 17.4. The van der Waals surface area contributed by atoms with E-state index in [2.05, 4.69) is 13.8 Å². The second-order valence-electron chi connectivity index (χ2n) is 8.80. The number of amides is 1. The van der Waals surface area contributed by atoms with Crippen LogP contribution >= 0.6 is 0 Å². The van der Waals surface area contributed by atoms with Crippen molar-refractivity contribution < 1.29 is 33.5 Å². The largest absolute Gasteiger partial charge is 0.868 e. The zero-order chi connectivity index (χ0) is 25.8. The number of ketones is 1. The molecule has 0 saturated carbocycles. The van der Waals surface area contributed by atoms with Crippen LogP contribution in [0.5, 0.6) is 11.5 Å². The Kier molecular flexibility index (Phi) is 7.64. The molecule has 0 fully saturated rings. The van der Waals surface area contributed by atoms with E-state index in [1.165, 1.54) is 24.0 Å². The Hall–Kier alpha value is -3.78. The van der Waals surface area contributed by atoms with Gasteiger partial charge >= 0.3 is 0 Å². The fourth-order valence-electron chi connectivity index (χ4n) is 4.80. The van der Waals surface area contributed by atoms with Crippen LogP contribution in [0.3, 0.4) is 0 Å². The lowest BCUT2D eigenvalue weighted by Crippen LogP contribution is -3.11. The molecule has 0 spiro atoms. The number of Topliss-reactive ketones (excluding diaryl/α,β-unsaturated/α-hetero) is 1. The number of methoxy groups -OCH3 is 2. The van der Waals surface area contributed by atoms with Gasteiger partial charge in [-0.1, -0.05) is 24.3 Å². The van der Waals surface area contributed by atoms with Crippen LogP contribution in [-0.4, -0.2) is 57.0 Å². The summed E-state index contributed by atoms with van der Waals surface area (Å²) in [5.74, 6) is -1.06. The van der Waals surface area contributed by atoms with Crippen LogP contribution in [-0.2, 0) is 4.79 Å². The van der Waals surface area contributed by atoms with Crippen molar-refractivity contribution in [3.63, 3.8) is 0 Å². The van der Waals surface area contributed by atoms with Gasteiger partial charge in [-0.3, -0.25) is 9.59 Å².